The van der Waals surface area contributed by atoms with Crippen LogP contribution in [0.25, 0.3) is 0 Å². The molecule has 1 heterocycles. The molecule has 1 aliphatic carbocycles. The van der Waals surface area contributed by atoms with Crippen molar-refractivity contribution in [2.75, 3.05) is 26.2 Å². The SMILES string of the molecule is Cl.Fc1ccc([C@@H](CC2CC2)N2CCNCC2)cc1Br. The Morgan fingerprint density at radius 2 is 2.00 bits per heavy atom. The number of benzene rings is 1. The summed E-state index contributed by atoms with van der Waals surface area (Å²) in [4.78, 5) is 2.55. The lowest BCUT2D eigenvalue weighted by atomic mass is 9.98. The van der Waals surface area contributed by atoms with Crippen LogP contribution in [0.2, 0.25) is 0 Å². The number of hydrogen-bond donors (Lipinski definition) is 1. The van der Waals surface area contributed by atoms with E-state index in [2.05, 4.69) is 26.1 Å². The van der Waals surface area contributed by atoms with Gasteiger partial charge in [0, 0.05) is 32.2 Å². The van der Waals surface area contributed by atoms with Crippen LogP contribution in [0.15, 0.2) is 22.7 Å². The Bertz CT molecular complexity index is 447. The summed E-state index contributed by atoms with van der Waals surface area (Å²) in [5.74, 6) is 0.706. The van der Waals surface area contributed by atoms with Gasteiger partial charge >= 0.3 is 0 Å². The van der Waals surface area contributed by atoms with E-state index in [9.17, 15) is 4.39 Å². The fourth-order valence-electron chi connectivity index (χ4n) is 2.88. The molecule has 1 atom stereocenters. The Morgan fingerprint density at radius 3 is 2.60 bits per heavy atom. The summed E-state index contributed by atoms with van der Waals surface area (Å²) in [6, 6.07) is 5.95. The van der Waals surface area contributed by atoms with Crippen molar-refractivity contribution in [3.8, 4) is 0 Å². The maximum Gasteiger partial charge on any atom is 0.137 e. The predicted molar refractivity (Wildman–Crippen MR) is 85.9 cm³/mol. The van der Waals surface area contributed by atoms with E-state index in [4.69, 9.17) is 0 Å². The van der Waals surface area contributed by atoms with Gasteiger partial charge in [-0.1, -0.05) is 18.9 Å². The molecule has 0 unspecified atom stereocenters. The average molecular weight is 364 g/mol. The summed E-state index contributed by atoms with van der Waals surface area (Å²) < 4.78 is 14.0. The summed E-state index contributed by atoms with van der Waals surface area (Å²) in [6.07, 6.45) is 3.95. The third kappa shape index (κ3) is 3.94. The lowest BCUT2D eigenvalue weighted by molar-refractivity contribution is 0.160. The van der Waals surface area contributed by atoms with Crippen molar-refractivity contribution in [1.82, 2.24) is 10.2 Å². The fourth-order valence-corrected chi connectivity index (χ4v) is 3.28. The van der Waals surface area contributed by atoms with Crippen molar-refractivity contribution in [2.45, 2.75) is 25.3 Å². The Morgan fingerprint density at radius 1 is 1.30 bits per heavy atom. The maximum absolute atomic E-state index is 13.4. The van der Waals surface area contributed by atoms with Crippen molar-refractivity contribution in [3.05, 3.63) is 34.1 Å². The van der Waals surface area contributed by atoms with Gasteiger partial charge in [0.25, 0.3) is 0 Å². The van der Waals surface area contributed by atoms with Gasteiger partial charge < -0.3 is 5.32 Å². The monoisotopic (exact) mass is 362 g/mol. The van der Waals surface area contributed by atoms with E-state index < -0.39 is 0 Å². The fraction of sp³-hybridized carbons (Fsp3) is 0.600. The van der Waals surface area contributed by atoms with Crippen molar-refractivity contribution in [1.29, 1.82) is 0 Å². The minimum Gasteiger partial charge on any atom is -0.314 e. The zero-order valence-corrected chi connectivity index (χ0v) is 13.9. The summed E-state index contributed by atoms with van der Waals surface area (Å²) in [5.41, 5.74) is 1.25. The number of rotatable bonds is 4. The van der Waals surface area contributed by atoms with Gasteiger partial charge in [-0.25, -0.2) is 4.39 Å². The number of piperazine rings is 1. The van der Waals surface area contributed by atoms with Crippen LogP contribution < -0.4 is 5.32 Å². The standard InChI is InChI=1S/C15H20BrFN2.ClH/c16-13-10-12(3-4-14(13)17)15(9-11-1-2-11)19-7-5-18-6-8-19;/h3-4,10-11,15,18H,1-2,5-9H2;1H/t15-;/m1./s1. The smallest absolute Gasteiger partial charge is 0.137 e. The van der Waals surface area contributed by atoms with Gasteiger partial charge in [0.05, 0.1) is 4.47 Å². The summed E-state index contributed by atoms with van der Waals surface area (Å²) in [7, 11) is 0. The molecule has 0 radical (unpaired) electrons. The number of halogens is 3. The summed E-state index contributed by atoms with van der Waals surface area (Å²) in [5, 5.41) is 3.40. The van der Waals surface area contributed by atoms with Crippen LogP contribution >= 0.6 is 28.3 Å². The molecule has 112 valence electrons. The first-order valence-corrected chi connectivity index (χ1v) is 7.93. The highest BCUT2D eigenvalue weighted by atomic mass is 79.9. The molecule has 0 bridgehead atoms. The molecule has 3 rings (SSSR count). The topological polar surface area (TPSA) is 15.3 Å². The first-order valence-electron chi connectivity index (χ1n) is 7.14. The first-order chi connectivity index (χ1) is 9.24. The van der Waals surface area contributed by atoms with Crippen LogP contribution in [0, 0.1) is 11.7 Å². The Kier molecular flexibility index (Phi) is 5.84. The molecular formula is C15H21BrClFN2. The lowest BCUT2D eigenvalue weighted by Crippen LogP contribution is -2.45. The third-order valence-electron chi connectivity index (χ3n) is 4.17. The molecule has 1 saturated carbocycles. The van der Waals surface area contributed by atoms with E-state index in [-0.39, 0.29) is 18.2 Å². The second-order valence-corrected chi connectivity index (χ2v) is 6.51. The molecule has 0 aromatic heterocycles. The Hall–Kier alpha value is -0.160. The summed E-state index contributed by atoms with van der Waals surface area (Å²) in [6.45, 7) is 4.30. The van der Waals surface area contributed by atoms with E-state index in [1.54, 1.807) is 6.07 Å². The Balaban J connectivity index is 0.00000147. The molecule has 1 aliphatic heterocycles. The molecule has 1 N–H and O–H groups in total. The zero-order valence-electron chi connectivity index (χ0n) is 11.4. The molecule has 20 heavy (non-hydrogen) atoms. The van der Waals surface area contributed by atoms with Gasteiger partial charge in [-0.3, -0.25) is 4.90 Å². The molecule has 1 aromatic rings. The first kappa shape index (κ1) is 16.2. The van der Waals surface area contributed by atoms with Crippen molar-refractivity contribution >= 4 is 28.3 Å². The molecule has 1 saturated heterocycles. The second-order valence-electron chi connectivity index (χ2n) is 5.65. The maximum atomic E-state index is 13.4. The normalized spacial score (nSPS) is 21.3. The largest absolute Gasteiger partial charge is 0.314 e. The van der Waals surface area contributed by atoms with Gasteiger partial charge in [-0.2, -0.15) is 0 Å². The molecule has 5 heteroatoms. The van der Waals surface area contributed by atoms with Gasteiger partial charge in [-0.05, 0) is 46.0 Å². The van der Waals surface area contributed by atoms with Gasteiger partial charge in [0.2, 0.25) is 0 Å². The molecule has 2 nitrogen and oxygen atoms in total. The number of hydrogen-bond acceptors (Lipinski definition) is 2. The van der Waals surface area contributed by atoms with E-state index in [0.717, 1.165) is 32.1 Å². The van der Waals surface area contributed by atoms with Crippen LogP contribution in [-0.4, -0.2) is 31.1 Å². The van der Waals surface area contributed by atoms with Crippen LogP contribution in [0.4, 0.5) is 4.39 Å². The second kappa shape index (κ2) is 7.21. The molecule has 0 spiro atoms. The number of nitrogens with one attached hydrogen (secondary N) is 1. The van der Waals surface area contributed by atoms with Crippen LogP contribution in [0.5, 0.6) is 0 Å². The van der Waals surface area contributed by atoms with Crippen molar-refractivity contribution < 1.29 is 4.39 Å². The predicted octanol–water partition coefficient (Wildman–Crippen LogP) is 3.76. The molecule has 1 aromatic carbocycles. The van der Waals surface area contributed by atoms with Gasteiger partial charge in [-0.15, -0.1) is 12.4 Å². The quantitative estimate of drug-likeness (QED) is 0.876. The van der Waals surface area contributed by atoms with Gasteiger partial charge in [0.15, 0.2) is 0 Å². The lowest BCUT2D eigenvalue weighted by Gasteiger charge is -2.35. The summed E-state index contributed by atoms with van der Waals surface area (Å²) >= 11 is 3.31. The minimum atomic E-state index is -0.172. The van der Waals surface area contributed by atoms with Crippen LogP contribution in [-0.2, 0) is 0 Å². The highest BCUT2D eigenvalue weighted by Gasteiger charge is 2.30. The van der Waals surface area contributed by atoms with E-state index in [1.807, 2.05) is 12.1 Å². The van der Waals surface area contributed by atoms with E-state index in [1.165, 1.54) is 24.8 Å². The Labute approximate surface area is 134 Å². The average Bonchev–Trinajstić information content (AvgIpc) is 3.24. The van der Waals surface area contributed by atoms with Crippen molar-refractivity contribution in [2.24, 2.45) is 5.92 Å². The van der Waals surface area contributed by atoms with Crippen molar-refractivity contribution in [3.63, 3.8) is 0 Å². The molecular weight excluding hydrogens is 343 g/mol. The molecule has 2 fully saturated rings. The molecule has 0 amide bonds. The number of nitrogens with zero attached hydrogens (tertiary/aromatic N) is 1. The van der Waals surface area contributed by atoms with Gasteiger partial charge in [0.1, 0.15) is 5.82 Å². The highest BCUT2D eigenvalue weighted by Crippen LogP contribution is 2.40. The van der Waals surface area contributed by atoms with Crippen LogP contribution in [0.3, 0.4) is 0 Å². The van der Waals surface area contributed by atoms with E-state index >= 15 is 0 Å². The third-order valence-corrected chi connectivity index (χ3v) is 4.78. The zero-order chi connectivity index (χ0) is 13.2. The highest BCUT2D eigenvalue weighted by molar-refractivity contribution is 9.10. The van der Waals surface area contributed by atoms with Crippen LogP contribution in [0.1, 0.15) is 30.9 Å². The van der Waals surface area contributed by atoms with E-state index in [0.29, 0.717) is 10.5 Å². The molecule has 2 aliphatic rings. The minimum absolute atomic E-state index is 0.